The highest BCUT2D eigenvalue weighted by molar-refractivity contribution is 5.75. The fourth-order valence-electron chi connectivity index (χ4n) is 1.65. The molecular weight excluding hydrogens is 251 g/mol. The first-order valence-corrected chi connectivity index (χ1v) is 5.43. The van der Waals surface area contributed by atoms with Crippen LogP contribution in [0.2, 0.25) is 0 Å². The Kier molecular flexibility index (Phi) is 3.55. The number of alkyl halides is 3. The maximum absolute atomic E-state index is 12.3. The number of amides is 1. The third-order valence-corrected chi connectivity index (χ3v) is 2.59. The van der Waals surface area contributed by atoms with Crippen molar-refractivity contribution in [2.45, 2.75) is 12.7 Å². The van der Waals surface area contributed by atoms with Crippen molar-refractivity contribution >= 4 is 5.91 Å². The van der Waals surface area contributed by atoms with E-state index in [9.17, 15) is 18.0 Å². The molecule has 0 spiro atoms. The van der Waals surface area contributed by atoms with Crippen molar-refractivity contribution in [1.29, 1.82) is 0 Å². The van der Waals surface area contributed by atoms with Crippen molar-refractivity contribution in [2.75, 3.05) is 26.3 Å². The molecule has 1 aliphatic rings. The molecule has 0 aromatic carbocycles. The van der Waals surface area contributed by atoms with Crippen molar-refractivity contribution < 1.29 is 22.7 Å². The Morgan fingerprint density at radius 3 is 2.61 bits per heavy atom. The first-order valence-electron chi connectivity index (χ1n) is 5.43. The second kappa shape index (κ2) is 4.97. The number of ether oxygens (including phenoxy) is 1. The number of carbonyl (C=O) groups is 1. The van der Waals surface area contributed by atoms with Gasteiger partial charge in [0, 0.05) is 19.3 Å². The Morgan fingerprint density at radius 1 is 1.39 bits per heavy atom. The standard InChI is InChI=1S/C10H12F3N3O2/c11-10(12,13)8-1-2-16(14-8)7-9(17)15-3-5-18-6-4-15/h1-2H,3-7H2. The van der Waals surface area contributed by atoms with Crippen LogP contribution in [0.25, 0.3) is 0 Å². The smallest absolute Gasteiger partial charge is 0.378 e. The van der Waals surface area contributed by atoms with Crippen LogP contribution >= 0.6 is 0 Å². The molecule has 0 atom stereocenters. The highest BCUT2D eigenvalue weighted by Crippen LogP contribution is 2.27. The molecule has 0 radical (unpaired) electrons. The first-order chi connectivity index (χ1) is 8.47. The van der Waals surface area contributed by atoms with Gasteiger partial charge in [0.25, 0.3) is 0 Å². The Balaban J connectivity index is 1.96. The van der Waals surface area contributed by atoms with Gasteiger partial charge in [-0.3, -0.25) is 9.48 Å². The molecule has 1 fully saturated rings. The largest absolute Gasteiger partial charge is 0.435 e. The Hall–Kier alpha value is -1.57. The quantitative estimate of drug-likeness (QED) is 0.791. The first kappa shape index (κ1) is 12.9. The van der Waals surface area contributed by atoms with Crippen LogP contribution in [0.1, 0.15) is 5.69 Å². The highest BCUT2D eigenvalue weighted by atomic mass is 19.4. The van der Waals surface area contributed by atoms with Gasteiger partial charge >= 0.3 is 6.18 Å². The van der Waals surface area contributed by atoms with Gasteiger partial charge in [0.1, 0.15) is 6.54 Å². The van der Waals surface area contributed by atoms with Crippen molar-refractivity contribution in [1.82, 2.24) is 14.7 Å². The molecule has 100 valence electrons. The summed E-state index contributed by atoms with van der Waals surface area (Å²) in [5.74, 6) is -0.255. The molecule has 2 rings (SSSR count). The molecule has 1 amide bonds. The van der Waals surface area contributed by atoms with E-state index >= 15 is 0 Å². The summed E-state index contributed by atoms with van der Waals surface area (Å²) >= 11 is 0. The van der Waals surface area contributed by atoms with E-state index in [4.69, 9.17) is 4.74 Å². The minimum atomic E-state index is -4.48. The molecule has 1 aliphatic heterocycles. The summed E-state index contributed by atoms with van der Waals surface area (Å²) in [5.41, 5.74) is -0.989. The van der Waals surface area contributed by atoms with Crippen molar-refractivity contribution in [2.24, 2.45) is 0 Å². The molecule has 0 aliphatic carbocycles. The molecule has 0 N–H and O–H groups in total. The normalized spacial score (nSPS) is 16.9. The Morgan fingerprint density at radius 2 is 2.06 bits per heavy atom. The second-order valence-corrected chi connectivity index (χ2v) is 3.89. The van der Waals surface area contributed by atoms with E-state index in [0.717, 1.165) is 16.9 Å². The third kappa shape index (κ3) is 3.00. The van der Waals surface area contributed by atoms with Crippen molar-refractivity contribution in [3.63, 3.8) is 0 Å². The number of rotatable bonds is 2. The molecule has 8 heteroatoms. The van der Waals surface area contributed by atoms with Gasteiger partial charge in [-0.05, 0) is 6.07 Å². The minimum absolute atomic E-state index is 0.184. The lowest BCUT2D eigenvalue weighted by atomic mass is 10.4. The van der Waals surface area contributed by atoms with Crippen LogP contribution in [0.4, 0.5) is 13.2 Å². The van der Waals surface area contributed by atoms with E-state index < -0.39 is 11.9 Å². The van der Waals surface area contributed by atoms with Crippen molar-refractivity contribution in [3.8, 4) is 0 Å². The Labute approximate surface area is 101 Å². The summed E-state index contributed by atoms with van der Waals surface area (Å²) in [6, 6.07) is 0.854. The summed E-state index contributed by atoms with van der Waals surface area (Å²) in [7, 11) is 0. The molecule has 5 nitrogen and oxygen atoms in total. The summed E-state index contributed by atoms with van der Waals surface area (Å²) in [4.78, 5) is 13.3. The SMILES string of the molecule is O=C(Cn1ccc(C(F)(F)F)n1)N1CCOCC1. The molecule has 0 bridgehead atoms. The molecular formula is C10H12F3N3O2. The molecule has 0 saturated carbocycles. The lowest BCUT2D eigenvalue weighted by Crippen LogP contribution is -2.42. The number of carbonyl (C=O) groups excluding carboxylic acids is 1. The van der Waals surface area contributed by atoms with Gasteiger partial charge in [0.15, 0.2) is 5.69 Å². The molecule has 0 unspecified atom stereocenters. The molecule has 1 aromatic heterocycles. The van der Waals surface area contributed by atoms with Crippen LogP contribution in [-0.4, -0.2) is 46.9 Å². The number of hydrogen-bond donors (Lipinski definition) is 0. The zero-order valence-electron chi connectivity index (χ0n) is 9.48. The second-order valence-electron chi connectivity index (χ2n) is 3.89. The average Bonchev–Trinajstić information content (AvgIpc) is 2.78. The van der Waals surface area contributed by atoms with E-state index in [1.165, 1.54) is 0 Å². The van der Waals surface area contributed by atoms with Gasteiger partial charge in [0.05, 0.1) is 13.2 Å². The molecule has 18 heavy (non-hydrogen) atoms. The van der Waals surface area contributed by atoms with E-state index in [1.54, 1.807) is 4.90 Å². The van der Waals surface area contributed by atoms with Gasteiger partial charge < -0.3 is 9.64 Å². The van der Waals surface area contributed by atoms with E-state index in [0.29, 0.717) is 26.3 Å². The van der Waals surface area contributed by atoms with Crippen LogP contribution in [0, 0.1) is 0 Å². The van der Waals surface area contributed by atoms with Crippen LogP contribution in [0.3, 0.4) is 0 Å². The molecule has 2 heterocycles. The maximum Gasteiger partial charge on any atom is 0.435 e. The average molecular weight is 263 g/mol. The summed E-state index contributed by atoms with van der Waals surface area (Å²) < 4.78 is 43.0. The molecule has 1 saturated heterocycles. The summed E-state index contributed by atoms with van der Waals surface area (Å²) in [6.45, 7) is 1.66. The van der Waals surface area contributed by atoms with Crippen LogP contribution in [0.15, 0.2) is 12.3 Å². The van der Waals surface area contributed by atoms with Crippen LogP contribution in [0.5, 0.6) is 0 Å². The predicted octanol–water partition coefficient (Wildman–Crippen LogP) is 0.761. The predicted molar refractivity (Wildman–Crippen MR) is 54.6 cm³/mol. The van der Waals surface area contributed by atoms with Gasteiger partial charge in [-0.1, -0.05) is 0 Å². The Bertz CT molecular complexity index is 424. The van der Waals surface area contributed by atoms with Crippen LogP contribution in [-0.2, 0) is 22.3 Å². The fourth-order valence-corrected chi connectivity index (χ4v) is 1.65. The number of aromatic nitrogens is 2. The maximum atomic E-state index is 12.3. The van der Waals surface area contributed by atoms with Gasteiger partial charge in [-0.15, -0.1) is 0 Å². The van der Waals surface area contributed by atoms with Gasteiger partial charge in [-0.25, -0.2) is 0 Å². The minimum Gasteiger partial charge on any atom is -0.378 e. The van der Waals surface area contributed by atoms with Crippen LogP contribution < -0.4 is 0 Å². The number of morpholine rings is 1. The lowest BCUT2D eigenvalue weighted by Gasteiger charge is -2.26. The third-order valence-electron chi connectivity index (χ3n) is 2.59. The number of hydrogen-bond acceptors (Lipinski definition) is 3. The lowest BCUT2D eigenvalue weighted by molar-refractivity contribution is -0.142. The van der Waals surface area contributed by atoms with E-state index in [2.05, 4.69) is 5.10 Å². The summed E-state index contributed by atoms with van der Waals surface area (Å²) in [6.07, 6.45) is -3.32. The van der Waals surface area contributed by atoms with Gasteiger partial charge in [-0.2, -0.15) is 18.3 Å². The number of nitrogens with zero attached hydrogens (tertiary/aromatic N) is 3. The zero-order valence-corrected chi connectivity index (χ0v) is 9.48. The zero-order chi connectivity index (χ0) is 13.2. The topological polar surface area (TPSA) is 47.4 Å². The van der Waals surface area contributed by atoms with E-state index in [1.807, 2.05) is 0 Å². The van der Waals surface area contributed by atoms with Gasteiger partial charge in [0.2, 0.25) is 5.91 Å². The number of halogens is 3. The van der Waals surface area contributed by atoms with E-state index in [-0.39, 0.29) is 12.5 Å². The summed E-state index contributed by atoms with van der Waals surface area (Å²) in [5, 5.41) is 3.33. The monoisotopic (exact) mass is 263 g/mol. The fraction of sp³-hybridized carbons (Fsp3) is 0.600. The van der Waals surface area contributed by atoms with Crippen molar-refractivity contribution in [3.05, 3.63) is 18.0 Å². The highest BCUT2D eigenvalue weighted by Gasteiger charge is 2.33. The molecule has 1 aromatic rings.